The number of aryl methyl sites for hydroxylation is 1. The van der Waals surface area contributed by atoms with E-state index in [1.165, 1.54) is 69.4 Å². The summed E-state index contributed by atoms with van der Waals surface area (Å²) in [5.41, 5.74) is 0.525. The number of likely N-dealkylation sites (N-methyl/N-ethyl adjacent to an activating group) is 1. The lowest BCUT2D eigenvalue weighted by atomic mass is 9.99. The van der Waals surface area contributed by atoms with E-state index in [-0.39, 0.29) is 47.6 Å². The molecule has 3 aromatic rings. The van der Waals surface area contributed by atoms with Gasteiger partial charge in [-0.25, -0.2) is 14.2 Å². The number of nitrogens with one attached hydrogen (secondary N) is 2. The lowest BCUT2D eigenvalue weighted by molar-refractivity contribution is 0.0373. The van der Waals surface area contributed by atoms with E-state index in [4.69, 9.17) is 4.74 Å². The number of halogens is 1. The summed E-state index contributed by atoms with van der Waals surface area (Å²) < 4.78 is 49.8. The highest BCUT2D eigenvalue weighted by molar-refractivity contribution is 7.92. The molecule has 1 aromatic heterocycles. The number of hydrogen-bond donors (Lipinski definition) is 3. The number of imidazole rings is 1. The Morgan fingerprint density at radius 3 is 2.61 bits per heavy atom. The molecule has 0 spiro atoms. The number of anilines is 2. The average molecular weight is 589 g/mol. The third-order valence-corrected chi connectivity index (χ3v) is 8.04. The highest BCUT2D eigenvalue weighted by Crippen LogP contribution is 2.36. The molecule has 0 saturated heterocycles. The predicted molar refractivity (Wildman–Crippen MR) is 150 cm³/mol. The number of aromatic nitrogens is 2. The Kier molecular flexibility index (Phi) is 8.83. The van der Waals surface area contributed by atoms with E-state index in [0.29, 0.717) is 5.69 Å². The smallest absolute Gasteiger partial charge is 0.321 e. The molecule has 0 fully saturated rings. The second kappa shape index (κ2) is 12.1. The van der Waals surface area contributed by atoms with Crippen LogP contribution in [0.2, 0.25) is 0 Å². The fraction of sp³-hybridized carbons (Fsp3) is 0.370. The molecule has 0 saturated carbocycles. The number of aliphatic hydroxyl groups is 1. The van der Waals surface area contributed by atoms with Gasteiger partial charge in [0.15, 0.2) is 10.8 Å². The summed E-state index contributed by atoms with van der Waals surface area (Å²) in [5, 5.41) is 12.3. The Morgan fingerprint density at radius 2 is 1.98 bits per heavy atom. The Bertz CT molecular complexity index is 1510. The number of amides is 3. The van der Waals surface area contributed by atoms with Crippen LogP contribution in [0.1, 0.15) is 24.2 Å². The van der Waals surface area contributed by atoms with Crippen molar-refractivity contribution in [3.63, 3.8) is 0 Å². The summed E-state index contributed by atoms with van der Waals surface area (Å²) in [6.45, 7) is 3.53. The van der Waals surface area contributed by atoms with Gasteiger partial charge in [0.2, 0.25) is 0 Å². The maximum atomic E-state index is 13.6. The van der Waals surface area contributed by atoms with Crippen molar-refractivity contribution in [1.82, 2.24) is 19.4 Å². The van der Waals surface area contributed by atoms with Crippen molar-refractivity contribution in [2.24, 2.45) is 13.0 Å². The number of sulfonamides is 1. The maximum absolute atomic E-state index is 13.6. The number of rotatable bonds is 8. The van der Waals surface area contributed by atoms with E-state index in [2.05, 4.69) is 15.0 Å². The number of benzene rings is 2. The number of hydrogen-bond acceptors (Lipinski definition) is 7. The van der Waals surface area contributed by atoms with Crippen molar-refractivity contribution in [2.75, 3.05) is 36.8 Å². The van der Waals surface area contributed by atoms with Crippen LogP contribution >= 0.6 is 0 Å². The first-order valence-corrected chi connectivity index (χ1v) is 14.4. The van der Waals surface area contributed by atoms with Gasteiger partial charge >= 0.3 is 6.03 Å². The van der Waals surface area contributed by atoms with Gasteiger partial charge in [-0.05, 0) is 43.3 Å². The van der Waals surface area contributed by atoms with Gasteiger partial charge in [-0.1, -0.05) is 13.0 Å². The molecule has 3 N–H and O–H groups in total. The van der Waals surface area contributed by atoms with Gasteiger partial charge in [-0.2, -0.15) is 8.42 Å². The predicted octanol–water partition coefficient (Wildman–Crippen LogP) is 2.74. The lowest BCUT2D eigenvalue weighted by Crippen LogP contribution is -2.50. The molecule has 4 rings (SSSR count). The number of carbonyl (C=O) groups is 2. The Labute approximate surface area is 237 Å². The fourth-order valence-electron chi connectivity index (χ4n) is 4.37. The van der Waals surface area contributed by atoms with E-state index >= 15 is 0 Å². The number of ether oxygens (including phenoxy) is 1. The molecule has 1 aliphatic heterocycles. The lowest BCUT2D eigenvalue weighted by Gasteiger charge is -2.38. The minimum atomic E-state index is -4.13. The van der Waals surface area contributed by atoms with Crippen LogP contribution in [-0.4, -0.2) is 83.7 Å². The molecule has 41 heavy (non-hydrogen) atoms. The highest BCUT2D eigenvalue weighted by atomic mass is 32.2. The first kappa shape index (κ1) is 29.8. The van der Waals surface area contributed by atoms with Crippen molar-refractivity contribution >= 4 is 33.3 Å². The molecule has 220 valence electrons. The minimum absolute atomic E-state index is 0.00367. The molecule has 0 bridgehead atoms. The van der Waals surface area contributed by atoms with Crippen LogP contribution < -0.4 is 14.8 Å². The molecule has 0 radical (unpaired) electrons. The molecule has 12 nitrogen and oxygen atoms in total. The summed E-state index contributed by atoms with van der Waals surface area (Å²) in [7, 11) is -0.937. The van der Waals surface area contributed by atoms with Crippen LogP contribution in [0, 0.1) is 11.7 Å². The summed E-state index contributed by atoms with van der Waals surface area (Å²) in [6.07, 6.45) is 1.99. The molecule has 3 atom stereocenters. The molecular weight excluding hydrogens is 555 g/mol. The first-order valence-electron chi connectivity index (χ1n) is 12.9. The first-order chi connectivity index (χ1) is 19.4. The van der Waals surface area contributed by atoms with E-state index in [1.54, 1.807) is 21.0 Å². The zero-order chi connectivity index (χ0) is 29.9. The number of fused-ring (bicyclic) bond motifs is 1. The number of aliphatic hydroxyl groups excluding tert-OH is 1. The van der Waals surface area contributed by atoms with Crippen molar-refractivity contribution in [1.29, 1.82) is 0 Å². The van der Waals surface area contributed by atoms with Gasteiger partial charge in [-0.3, -0.25) is 9.52 Å². The summed E-state index contributed by atoms with van der Waals surface area (Å²) >= 11 is 0. The van der Waals surface area contributed by atoms with Gasteiger partial charge in [-0.15, -0.1) is 0 Å². The monoisotopic (exact) mass is 588 g/mol. The number of nitrogens with zero attached hydrogens (tertiary/aromatic N) is 4. The minimum Gasteiger partial charge on any atom is -0.485 e. The molecule has 0 unspecified atom stereocenters. The average Bonchev–Trinajstić information content (AvgIpc) is 3.39. The van der Waals surface area contributed by atoms with Gasteiger partial charge in [0.05, 0.1) is 36.8 Å². The van der Waals surface area contributed by atoms with Crippen molar-refractivity contribution in [2.45, 2.75) is 31.0 Å². The molecule has 3 amide bonds. The second-order valence-electron chi connectivity index (χ2n) is 10.1. The largest absolute Gasteiger partial charge is 0.485 e. The fourth-order valence-corrected chi connectivity index (χ4v) is 5.42. The molecule has 2 heterocycles. The van der Waals surface area contributed by atoms with Crippen molar-refractivity contribution in [3.8, 4) is 5.75 Å². The Hall–Kier alpha value is -4.17. The van der Waals surface area contributed by atoms with Crippen LogP contribution in [0.25, 0.3) is 0 Å². The normalized spacial score (nSPS) is 18.0. The number of carbonyl (C=O) groups excluding carboxylic acids is 2. The van der Waals surface area contributed by atoms with Crippen molar-refractivity contribution < 1.29 is 32.2 Å². The zero-order valence-corrected chi connectivity index (χ0v) is 23.9. The molecular formula is C27H33FN6O6S. The third kappa shape index (κ3) is 6.77. The third-order valence-electron chi connectivity index (χ3n) is 6.79. The summed E-state index contributed by atoms with van der Waals surface area (Å²) in [4.78, 5) is 33.4. The van der Waals surface area contributed by atoms with Gasteiger partial charge in [0.25, 0.3) is 15.9 Å². The molecule has 2 aromatic carbocycles. The standard InChI is InChI=1S/C27H33FN6O6S/c1-17-12-34(18(2)15-35)26(36)21-6-5-7-22(31-41(38,39)24-14-32(3)16-29-24)25(21)40-23(17)13-33(4)27(37)30-20-10-8-19(28)9-11-20/h5-11,14,16-18,23,31,35H,12-13,15H2,1-4H3,(H,30,37)/t17-,18+,23-/m0/s1. The zero-order valence-electron chi connectivity index (χ0n) is 23.1. The van der Waals surface area contributed by atoms with E-state index < -0.39 is 39.9 Å². The summed E-state index contributed by atoms with van der Waals surface area (Å²) in [5.74, 6) is -1.22. The SMILES string of the molecule is C[C@H](CO)N1C[C@H](C)[C@H](CN(C)C(=O)Nc2ccc(F)cc2)Oc2c(NS(=O)(=O)c3cn(C)cn3)cccc2C1=O. The molecule has 1 aliphatic rings. The van der Waals surface area contributed by atoms with E-state index in [0.717, 1.165) is 0 Å². The Balaban J connectivity index is 1.68. The van der Waals surface area contributed by atoms with E-state index in [1.807, 2.05) is 6.92 Å². The summed E-state index contributed by atoms with van der Waals surface area (Å²) in [6, 6.07) is 8.84. The van der Waals surface area contributed by atoms with Crippen LogP contribution in [-0.2, 0) is 17.1 Å². The van der Waals surface area contributed by atoms with Crippen LogP contribution in [0.3, 0.4) is 0 Å². The highest BCUT2D eigenvalue weighted by Gasteiger charge is 2.35. The number of urea groups is 1. The van der Waals surface area contributed by atoms with Gasteiger partial charge < -0.3 is 29.5 Å². The van der Waals surface area contributed by atoms with Gasteiger partial charge in [0.1, 0.15) is 11.9 Å². The van der Waals surface area contributed by atoms with Crippen LogP contribution in [0.5, 0.6) is 5.75 Å². The van der Waals surface area contributed by atoms with Gasteiger partial charge in [0, 0.05) is 38.4 Å². The molecule has 14 heteroatoms. The van der Waals surface area contributed by atoms with E-state index in [9.17, 15) is 27.5 Å². The quantitative estimate of drug-likeness (QED) is 0.367. The van der Waals surface area contributed by atoms with Crippen molar-refractivity contribution in [3.05, 3.63) is 66.4 Å². The van der Waals surface area contributed by atoms with Crippen LogP contribution in [0.15, 0.2) is 60.0 Å². The number of para-hydroxylation sites is 1. The van der Waals surface area contributed by atoms with Crippen LogP contribution in [0.4, 0.5) is 20.6 Å². The Morgan fingerprint density at radius 1 is 1.27 bits per heavy atom. The second-order valence-corrected chi connectivity index (χ2v) is 11.7. The maximum Gasteiger partial charge on any atom is 0.321 e. The topological polar surface area (TPSA) is 146 Å². The molecule has 0 aliphatic carbocycles.